The van der Waals surface area contributed by atoms with Crippen molar-refractivity contribution in [1.82, 2.24) is 4.90 Å². The molecule has 33 heavy (non-hydrogen) atoms. The molecule has 8 heteroatoms. The molecule has 0 fully saturated rings. The highest BCUT2D eigenvalue weighted by molar-refractivity contribution is 6.10. The van der Waals surface area contributed by atoms with Crippen LogP contribution in [0.4, 0.5) is 15.8 Å². The summed E-state index contributed by atoms with van der Waals surface area (Å²) in [5.74, 6) is 0.399. The Balaban J connectivity index is 1.39. The molecular weight excluding hydrogens is 425 g/mol. The van der Waals surface area contributed by atoms with E-state index in [2.05, 4.69) is 10.6 Å². The number of amides is 2. The lowest BCUT2D eigenvalue weighted by Gasteiger charge is -2.20. The predicted molar refractivity (Wildman–Crippen MR) is 123 cm³/mol. The number of hydrogen-bond acceptors (Lipinski definition) is 5. The minimum atomic E-state index is -0.398. The first-order chi connectivity index (χ1) is 16.0. The number of nitrogens with zero attached hydrogens (tertiary/aromatic N) is 1. The largest absolute Gasteiger partial charge is 0.454 e. The number of halogens is 1. The Morgan fingerprint density at radius 3 is 2.52 bits per heavy atom. The number of ether oxygens (including phenoxy) is 2. The number of anilines is 2. The molecule has 0 saturated carbocycles. The molecule has 0 aromatic heterocycles. The van der Waals surface area contributed by atoms with Crippen LogP contribution in [0, 0.1) is 5.82 Å². The Labute approximate surface area is 191 Å². The van der Waals surface area contributed by atoms with E-state index < -0.39 is 5.91 Å². The number of likely N-dealkylation sites (N-methyl/N-ethyl adjacent to an activating group) is 1. The molecule has 0 radical (unpaired) electrons. The first-order valence-corrected chi connectivity index (χ1v) is 10.6. The lowest BCUT2D eigenvalue weighted by molar-refractivity contribution is -0.117. The summed E-state index contributed by atoms with van der Waals surface area (Å²) in [5.41, 5.74) is 2.19. The van der Waals surface area contributed by atoms with Gasteiger partial charge in [-0.25, -0.2) is 4.39 Å². The number of nitrogens with one attached hydrogen (secondary N) is 2. The molecule has 7 nitrogen and oxygen atoms in total. The van der Waals surface area contributed by atoms with E-state index in [4.69, 9.17) is 9.47 Å². The molecule has 2 amide bonds. The highest BCUT2D eigenvalue weighted by Gasteiger charge is 2.17. The summed E-state index contributed by atoms with van der Waals surface area (Å²) in [5, 5.41) is 5.55. The van der Waals surface area contributed by atoms with Crippen LogP contribution >= 0.6 is 0 Å². The van der Waals surface area contributed by atoms with E-state index in [9.17, 15) is 14.0 Å². The fourth-order valence-corrected chi connectivity index (χ4v) is 3.49. The minimum absolute atomic E-state index is 0.152. The van der Waals surface area contributed by atoms with Crippen LogP contribution in [0.3, 0.4) is 0 Å². The average Bonchev–Trinajstić information content (AvgIpc) is 3.28. The molecule has 0 atom stereocenters. The van der Waals surface area contributed by atoms with Crippen molar-refractivity contribution in [2.75, 3.05) is 30.5 Å². The molecule has 1 aliphatic heterocycles. The second-order valence-electron chi connectivity index (χ2n) is 7.55. The van der Waals surface area contributed by atoms with Crippen molar-refractivity contribution >= 4 is 23.2 Å². The highest BCUT2D eigenvalue weighted by atomic mass is 19.1. The van der Waals surface area contributed by atoms with Crippen LogP contribution in [0.1, 0.15) is 22.8 Å². The van der Waals surface area contributed by atoms with Crippen molar-refractivity contribution in [2.45, 2.75) is 13.5 Å². The maximum atomic E-state index is 13.1. The number of fused-ring (bicyclic) bond motifs is 1. The first-order valence-electron chi connectivity index (χ1n) is 10.6. The van der Waals surface area contributed by atoms with Crippen LogP contribution in [-0.4, -0.2) is 36.6 Å². The van der Waals surface area contributed by atoms with Gasteiger partial charge >= 0.3 is 0 Å². The third-order valence-electron chi connectivity index (χ3n) is 5.21. The lowest BCUT2D eigenvalue weighted by atomic mass is 10.1. The molecule has 0 spiro atoms. The van der Waals surface area contributed by atoms with Crippen LogP contribution in [0.2, 0.25) is 0 Å². The van der Waals surface area contributed by atoms with E-state index in [1.165, 1.54) is 24.3 Å². The third-order valence-corrected chi connectivity index (χ3v) is 5.21. The fourth-order valence-electron chi connectivity index (χ4n) is 3.49. The summed E-state index contributed by atoms with van der Waals surface area (Å²) in [4.78, 5) is 27.5. The number of carbonyl (C=O) groups is 2. The van der Waals surface area contributed by atoms with Crippen LogP contribution in [0.5, 0.6) is 11.5 Å². The number of para-hydroxylation sites is 1. The fraction of sp³-hybridized carbons (Fsp3) is 0.200. The molecule has 0 unspecified atom stereocenters. The van der Waals surface area contributed by atoms with E-state index in [0.29, 0.717) is 35.8 Å². The summed E-state index contributed by atoms with van der Waals surface area (Å²) >= 11 is 0. The molecule has 0 saturated heterocycles. The normalized spacial score (nSPS) is 12.0. The summed E-state index contributed by atoms with van der Waals surface area (Å²) in [6.07, 6.45) is 0. The Morgan fingerprint density at radius 1 is 0.970 bits per heavy atom. The van der Waals surface area contributed by atoms with Gasteiger partial charge in [-0.3, -0.25) is 14.5 Å². The maximum Gasteiger partial charge on any atom is 0.257 e. The van der Waals surface area contributed by atoms with Gasteiger partial charge in [-0.2, -0.15) is 0 Å². The number of carbonyl (C=O) groups excluding carboxylic acids is 2. The Kier molecular flexibility index (Phi) is 6.85. The second-order valence-corrected chi connectivity index (χ2v) is 7.55. The van der Waals surface area contributed by atoms with Crippen molar-refractivity contribution in [3.05, 3.63) is 83.7 Å². The second kappa shape index (κ2) is 10.1. The molecule has 4 rings (SSSR count). The van der Waals surface area contributed by atoms with E-state index in [1.54, 1.807) is 24.3 Å². The smallest absolute Gasteiger partial charge is 0.257 e. The van der Waals surface area contributed by atoms with Gasteiger partial charge in [0.25, 0.3) is 5.91 Å². The van der Waals surface area contributed by atoms with Gasteiger partial charge in [0.15, 0.2) is 11.5 Å². The summed E-state index contributed by atoms with van der Waals surface area (Å²) in [7, 11) is 0. The first kappa shape index (κ1) is 22.3. The average molecular weight is 449 g/mol. The predicted octanol–water partition coefficient (Wildman–Crippen LogP) is 4.27. The van der Waals surface area contributed by atoms with Crippen LogP contribution < -0.4 is 20.1 Å². The molecule has 3 aromatic rings. The highest BCUT2D eigenvalue weighted by Crippen LogP contribution is 2.32. The van der Waals surface area contributed by atoms with Crippen LogP contribution in [-0.2, 0) is 11.3 Å². The van der Waals surface area contributed by atoms with Gasteiger partial charge in [0, 0.05) is 12.2 Å². The zero-order valence-corrected chi connectivity index (χ0v) is 18.1. The molecule has 0 bridgehead atoms. The van der Waals surface area contributed by atoms with Crippen LogP contribution in [0.25, 0.3) is 0 Å². The van der Waals surface area contributed by atoms with E-state index in [-0.39, 0.29) is 25.1 Å². The van der Waals surface area contributed by atoms with Crippen molar-refractivity contribution in [2.24, 2.45) is 0 Å². The van der Waals surface area contributed by atoms with Gasteiger partial charge in [0.05, 0.1) is 17.8 Å². The van der Waals surface area contributed by atoms with Gasteiger partial charge < -0.3 is 20.1 Å². The molecule has 0 aliphatic carbocycles. The maximum absolute atomic E-state index is 13.1. The van der Waals surface area contributed by atoms with Crippen molar-refractivity contribution in [1.29, 1.82) is 0 Å². The number of hydrogen-bond donors (Lipinski definition) is 2. The van der Waals surface area contributed by atoms with Crippen molar-refractivity contribution in [3.63, 3.8) is 0 Å². The van der Waals surface area contributed by atoms with E-state index >= 15 is 0 Å². The molecule has 2 N–H and O–H groups in total. The van der Waals surface area contributed by atoms with Gasteiger partial charge in [-0.1, -0.05) is 25.1 Å². The lowest BCUT2D eigenvalue weighted by Crippen LogP contribution is -2.33. The van der Waals surface area contributed by atoms with Crippen molar-refractivity contribution < 1.29 is 23.5 Å². The van der Waals surface area contributed by atoms with Gasteiger partial charge in [-0.15, -0.1) is 0 Å². The standard InChI is InChI=1S/C25H24FN3O4/c1-2-29(14-17-7-12-22-23(13-17)33-16-32-22)15-24(30)28-21-6-4-3-5-20(21)25(31)27-19-10-8-18(26)9-11-19/h3-13H,2,14-16H2,1H3,(H,27,31)(H,28,30). The summed E-state index contributed by atoms with van der Waals surface area (Å²) in [6, 6.07) is 18.0. The summed E-state index contributed by atoms with van der Waals surface area (Å²) in [6.45, 7) is 3.57. The van der Waals surface area contributed by atoms with E-state index in [1.807, 2.05) is 30.0 Å². The number of rotatable bonds is 8. The quantitative estimate of drug-likeness (QED) is 0.537. The van der Waals surface area contributed by atoms with Gasteiger partial charge in [0.2, 0.25) is 12.7 Å². The molecular formula is C25H24FN3O4. The summed E-state index contributed by atoms with van der Waals surface area (Å²) < 4.78 is 23.9. The Morgan fingerprint density at radius 2 is 1.73 bits per heavy atom. The Bertz CT molecular complexity index is 1150. The monoisotopic (exact) mass is 449 g/mol. The van der Waals surface area contributed by atoms with E-state index in [0.717, 1.165) is 11.3 Å². The molecule has 170 valence electrons. The topological polar surface area (TPSA) is 79.9 Å². The van der Waals surface area contributed by atoms with Gasteiger partial charge in [-0.05, 0) is 60.6 Å². The third kappa shape index (κ3) is 5.67. The van der Waals surface area contributed by atoms with Gasteiger partial charge in [0.1, 0.15) is 5.82 Å². The zero-order chi connectivity index (χ0) is 23.2. The van der Waals surface area contributed by atoms with Crippen LogP contribution in [0.15, 0.2) is 66.7 Å². The molecule has 3 aromatic carbocycles. The number of benzene rings is 3. The van der Waals surface area contributed by atoms with Crippen molar-refractivity contribution in [3.8, 4) is 11.5 Å². The minimum Gasteiger partial charge on any atom is -0.454 e. The molecule has 1 heterocycles. The molecule has 1 aliphatic rings. The Hall–Kier alpha value is -3.91. The zero-order valence-electron chi connectivity index (χ0n) is 18.1. The SMILES string of the molecule is CCN(CC(=O)Nc1ccccc1C(=O)Nc1ccc(F)cc1)Cc1ccc2c(c1)OCO2.